The van der Waals surface area contributed by atoms with Crippen LogP contribution in [-0.2, 0) is 4.79 Å². The first-order valence-electron chi connectivity index (χ1n) is 5.40. The summed E-state index contributed by atoms with van der Waals surface area (Å²) in [5, 5.41) is 5.68. The first-order chi connectivity index (χ1) is 8.04. The van der Waals surface area contributed by atoms with Crippen molar-refractivity contribution in [3.05, 3.63) is 28.8 Å². The van der Waals surface area contributed by atoms with E-state index >= 15 is 0 Å². The lowest BCUT2D eigenvalue weighted by Gasteiger charge is -2.07. The monoisotopic (exact) mass is 254 g/mol. The third-order valence-corrected chi connectivity index (χ3v) is 2.39. The van der Waals surface area contributed by atoms with Crippen LogP contribution in [0.4, 0.5) is 5.69 Å². The van der Waals surface area contributed by atoms with Gasteiger partial charge in [0.05, 0.1) is 10.7 Å². The number of carbonyl (C=O) groups excluding carboxylic acids is 2. The number of hydrogen-bond acceptors (Lipinski definition) is 2. The highest BCUT2D eigenvalue weighted by Crippen LogP contribution is 2.22. The van der Waals surface area contributed by atoms with Crippen LogP contribution in [0.3, 0.4) is 0 Å². The van der Waals surface area contributed by atoms with E-state index in [1.807, 2.05) is 6.92 Å². The highest BCUT2D eigenvalue weighted by Gasteiger charge is 2.08. The van der Waals surface area contributed by atoms with Crippen LogP contribution in [0.15, 0.2) is 18.2 Å². The van der Waals surface area contributed by atoms with Gasteiger partial charge in [0.15, 0.2) is 0 Å². The molecule has 0 heterocycles. The van der Waals surface area contributed by atoms with E-state index in [1.165, 1.54) is 13.0 Å². The molecule has 0 unspecified atom stereocenters. The Hall–Kier alpha value is -1.55. The number of hydrogen-bond donors (Lipinski definition) is 2. The zero-order valence-corrected chi connectivity index (χ0v) is 10.6. The van der Waals surface area contributed by atoms with Crippen molar-refractivity contribution in [1.82, 2.24) is 5.32 Å². The summed E-state index contributed by atoms with van der Waals surface area (Å²) in [6, 6.07) is 4.78. The number of carbonyl (C=O) groups is 2. The van der Waals surface area contributed by atoms with Gasteiger partial charge in [0, 0.05) is 19.0 Å². The average molecular weight is 255 g/mol. The topological polar surface area (TPSA) is 58.2 Å². The smallest absolute Gasteiger partial charge is 0.251 e. The molecule has 0 bridgehead atoms. The van der Waals surface area contributed by atoms with Crippen molar-refractivity contribution >= 4 is 29.1 Å². The van der Waals surface area contributed by atoms with Crippen LogP contribution in [0, 0.1) is 0 Å². The fourth-order valence-electron chi connectivity index (χ4n) is 1.29. The van der Waals surface area contributed by atoms with Gasteiger partial charge in [0.2, 0.25) is 5.91 Å². The standard InChI is InChI=1S/C12H15ClN2O2/c1-3-6-14-12(17)9-4-5-11(10(13)7-9)15-8(2)16/h4-5,7H,3,6H2,1-2H3,(H,14,17)(H,15,16). The second kappa shape index (κ2) is 6.25. The average Bonchev–Trinajstić information content (AvgIpc) is 2.28. The first kappa shape index (κ1) is 13.5. The van der Waals surface area contributed by atoms with Crippen molar-refractivity contribution in [3.8, 4) is 0 Å². The van der Waals surface area contributed by atoms with Gasteiger partial charge in [-0.3, -0.25) is 9.59 Å². The van der Waals surface area contributed by atoms with Gasteiger partial charge in [-0.15, -0.1) is 0 Å². The van der Waals surface area contributed by atoms with E-state index in [-0.39, 0.29) is 11.8 Å². The van der Waals surface area contributed by atoms with Crippen molar-refractivity contribution < 1.29 is 9.59 Å². The summed E-state index contributed by atoms with van der Waals surface area (Å²) >= 11 is 5.96. The third kappa shape index (κ3) is 4.07. The van der Waals surface area contributed by atoms with Gasteiger partial charge in [-0.2, -0.15) is 0 Å². The van der Waals surface area contributed by atoms with Crippen LogP contribution in [0.25, 0.3) is 0 Å². The van der Waals surface area contributed by atoms with Crippen molar-refractivity contribution in [2.75, 3.05) is 11.9 Å². The molecule has 1 aromatic rings. The molecule has 2 amide bonds. The van der Waals surface area contributed by atoms with Crippen molar-refractivity contribution in [2.45, 2.75) is 20.3 Å². The Kier molecular flexibility index (Phi) is 4.97. The van der Waals surface area contributed by atoms with Crippen molar-refractivity contribution in [1.29, 1.82) is 0 Å². The van der Waals surface area contributed by atoms with E-state index in [2.05, 4.69) is 10.6 Å². The molecule has 0 aliphatic rings. The molecule has 92 valence electrons. The molecule has 0 saturated heterocycles. The lowest BCUT2D eigenvalue weighted by molar-refractivity contribution is -0.114. The van der Waals surface area contributed by atoms with Gasteiger partial charge in [-0.1, -0.05) is 18.5 Å². The van der Waals surface area contributed by atoms with E-state index in [0.717, 1.165) is 6.42 Å². The normalized spacial score (nSPS) is 9.82. The maximum atomic E-state index is 11.6. The maximum Gasteiger partial charge on any atom is 0.251 e. The molecular formula is C12H15ClN2O2. The Morgan fingerprint density at radius 3 is 2.59 bits per heavy atom. The number of benzene rings is 1. The van der Waals surface area contributed by atoms with Gasteiger partial charge < -0.3 is 10.6 Å². The van der Waals surface area contributed by atoms with Gasteiger partial charge in [-0.25, -0.2) is 0 Å². The summed E-state index contributed by atoms with van der Waals surface area (Å²) in [5.74, 6) is -0.363. The predicted octanol–water partition coefficient (Wildman–Crippen LogP) is 2.44. The number of nitrogens with one attached hydrogen (secondary N) is 2. The Morgan fingerprint density at radius 2 is 2.06 bits per heavy atom. The quantitative estimate of drug-likeness (QED) is 0.867. The maximum absolute atomic E-state index is 11.6. The lowest BCUT2D eigenvalue weighted by atomic mass is 10.2. The van der Waals surface area contributed by atoms with Gasteiger partial charge >= 0.3 is 0 Å². The molecule has 0 aliphatic heterocycles. The minimum atomic E-state index is -0.199. The minimum absolute atomic E-state index is 0.164. The molecule has 0 atom stereocenters. The molecule has 4 nitrogen and oxygen atoms in total. The van der Waals surface area contributed by atoms with Crippen molar-refractivity contribution in [3.63, 3.8) is 0 Å². The van der Waals surface area contributed by atoms with Crippen LogP contribution in [0.2, 0.25) is 5.02 Å². The number of amides is 2. The van der Waals surface area contributed by atoms with E-state index in [4.69, 9.17) is 11.6 Å². The van der Waals surface area contributed by atoms with E-state index in [0.29, 0.717) is 22.8 Å². The summed E-state index contributed by atoms with van der Waals surface area (Å²) in [6.45, 7) is 4.01. The largest absolute Gasteiger partial charge is 0.352 e. The first-order valence-corrected chi connectivity index (χ1v) is 5.77. The highest BCUT2D eigenvalue weighted by molar-refractivity contribution is 6.34. The summed E-state index contributed by atoms with van der Waals surface area (Å²) in [6.07, 6.45) is 0.878. The highest BCUT2D eigenvalue weighted by atomic mass is 35.5. The molecule has 0 radical (unpaired) electrons. The van der Waals surface area contributed by atoms with E-state index < -0.39 is 0 Å². The summed E-state index contributed by atoms with van der Waals surface area (Å²) in [4.78, 5) is 22.5. The fourth-order valence-corrected chi connectivity index (χ4v) is 1.52. The molecule has 1 rings (SSSR count). The fraction of sp³-hybridized carbons (Fsp3) is 0.333. The molecule has 5 heteroatoms. The van der Waals surface area contributed by atoms with Crippen LogP contribution in [0.5, 0.6) is 0 Å². The van der Waals surface area contributed by atoms with Crippen LogP contribution in [-0.4, -0.2) is 18.4 Å². The minimum Gasteiger partial charge on any atom is -0.352 e. The lowest BCUT2D eigenvalue weighted by Crippen LogP contribution is -2.23. The predicted molar refractivity (Wildman–Crippen MR) is 68.4 cm³/mol. The molecule has 0 spiro atoms. The van der Waals surface area contributed by atoms with Crippen LogP contribution >= 0.6 is 11.6 Å². The van der Waals surface area contributed by atoms with Gasteiger partial charge in [0.25, 0.3) is 5.91 Å². The van der Waals surface area contributed by atoms with E-state index in [1.54, 1.807) is 12.1 Å². The molecular weight excluding hydrogens is 240 g/mol. The third-order valence-electron chi connectivity index (χ3n) is 2.08. The Balaban J connectivity index is 2.81. The molecule has 0 aliphatic carbocycles. The molecule has 0 fully saturated rings. The SMILES string of the molecule is CCCNC(=O)c1ccc(NC(C)=O)c(Cl)c1. The van der Waals surface area contributed by atoms with Crippen molar-refractivity contribution in [2.24, 2.45) is 0 Å². The zero-order valence-electron chi connectivity index (χ0n) is 9.84. The van der Waals surface area contributed by atoms with Gasteiger partial charge in [-0.05, 0) is 24.6 Å². The number of halogens is 1. The summed E-state index contributed by atoms with van der Waals surface area (Å²) in [7, 11) is 0. The summed E-state index contributed by atoms with van der Waals surface area (Å²) in [5.41, 5.74) is 0.990. The molecule has 2 N–H and O–H groups in total. The number of anilines is 1. The molecule has 0 aromatic heterocycles. The van der Waals surface area contributed by atoms with Crippen LogP contribution < -0.4 is 10.6 Å². The molecule has 0 saturated carbocycles. The Morgan fingerprint density at radius 1 is 1.35 bits per heavy atom. The van der Waals surface area contributed by atoms with Gasteiger partial charge in [0.1, 0.15) is 0 Å². The Bertz CT molecular complexity index is 433. The van der Waals surface area contributed by atoms with Crippen LogP contribution in [0.1, 0.15) is 30.6 Å². The molecule has 17 heavy (non-hydrogen) atoms. The Labute approximate surface area is 105 Å². The molecule has 1 aromatic carbocycles. The zero-order chi connectivity index (χ0) is 12.8. The van der Waals surface area contributed by atoms with E-state index in [9.17, 15) is 9.59 Å². The summed E-state index contributed by atoms with van der Waals surface area (Å²) < 4.78 is 0. The number of rotatable bonds is 4. The second-order valence-corrected chi connectivity index (χ2v) is 4.04. The second-order valence-electron chi connectivity index (χ2n) is 3.63.